The van der Waals surface area contributed by atoms with Gasteiger partial charge in [-0.05, 0) is 36.7 Å². The van der Waals surface area contributed by atoms with Crippen LogP contribution in [0.25, 0.3) is 11.3 Å². The standard InChI is InChI=1S/C18H25N3/c1-13-8-9-17(14(2)10-13)19-11-16-12-20-21-18(16)15-6-4-3-5-7-15/h3-7,12-14,17,19H,8-11H2,1-2H3,(H,20,21). The molecule has 1 heterocycles. The Kier molecular flexibility index (Phi) is 4.39. The van der Waals surface area contributed by atoms with E-state index < -0.39 is 0 Å². The average molecular weight is 283 g/mol. The molecule has 3 rings (SSSR count). The molecule has 2 aromatic rings. The van der Waals surface area contributed by atoms with Gasteiger partial charge in [-0.2, -0.15) is 5.10 Å². The van der Waals surface area contributed by atoms with Crippen LogP contribution in [-0.4, -0.2) is 16.2 Å². The summed E-state index contributed by atoms with van der Waals surface area (Å²) < 4.78 is 0. The second-order valence-electron chi connectivity index (χ2n) is 6.52. The van der Waals surface area contributed by atoms with E-state index in [1.807, 2.05) is 12.3 Å². The number of hydrogen-bond acceptors (Lipinski definition) is 2. The Morgan fingerprint density at radius 1 is 1.19 bits per heavy atom. The quantitative estimate of drug-likeness (QED) is 0.890. The first-order chi connectivity index (χ1) is 10.2. The number of nitrogens with zero attached hydrogens (tertiary/aromatic N) is 1. The second-order valence-corrected chi connectivity index (χ2v) is 6.52. The van der Waals surface area contributed by atoms with E-state index in [0.717, 1.165) is 24.1 Å². The number of nitrogens with one attached hydrogen (secondary N) is 2. The fourth-order valence-electron chi connectivity index (χ4n) is 3.51. The van der Waals surface area contributed by atoms with Crippen LogP contribution in [0, 0.1) is 11.8 Å². The molecule has 0 saturated heterocycles. The number of hydrogen-bond donors (Lipinski definition) is 2. The fraction of sp³-hybridized carbons (Fsp3) is 0.500. The van der Waals surface area contributed by atoms with Crippen molar-refractivity contribution in [3.05, 3.63) is 42.1 Å². The maximum atomic E-state index is 4.23. The van der Waals surface area contributed by atoms with Crippen molar-refractivity contribution in [2.24, 2.45) is 11.8 Å². The van der Waals surface area contributed by atoms with Crippen LogP contribution in [0.3, 0.4) is 0 Å². The highest BCUT2D eigenvalue weighted by molar-refractivity contribution is 5.62. The third-order valence-electron chi connectivity index (χ3n) is 4.77. The topological polar surface area (TPSA) is 40.7 Å². The van der Waals surface area contributed by atoms with Crippen LogP contribution in [-0.2, 0) is 6.54 Å². The van der Waals surface area contributed by atoms with Crippen LogP contribution in [0.1, 0.15) is 38.7 Å². The molecule has 0 spiro atoms. The lowest BCUT2D eigenvalue weighted by Crippen LogP contribution is -2.38. The molecular weight excluding hydrogens is 258 g/mol. The first-order valence-corrected chi connectivity index (χ1v) is 8.05. The third-order valence-corrected chi connectivity index (χ3v) is 4.77. The van der Waals surface area contributed by atoms with Crippen molar-refractivity contribution in [2.45, 2.75) is 45.7 Å². The molecule has 3 unspecified atom stereocenters. The Labute approximate surface area is 127 Å². The van der Waals surface area contributed by atoms with Crippen LogP contribution in [0.15, 0.2) is 36.5 Å². The Balaban J connectivity index is 1.65. The van der Waals surface area contributed by atoms with Gasteiger partial charge in [-0.1, -0.05) is 44.2 Å². The maximum absolute atomic E-state index is 4.23. The van der Waals surface area contributed by atoms with Gasteiger partial charge in [-0.15, -0.1) is 0 Å². The average Bonchev–Trinajstić information content (AvgIpc) is 2.96. The second kappa shape index (κ2) is 6.44. The van der Waals surface area contributed by atoms with E-state index >= 15 is 0 Å². The zero-order chi connectivity index (χ0) is 14.7. The molecule has 1 aliphatic rings. The number of aromatic amines is 1. The van der Waals surface area contributed by atoms with Gasteiger partial charge in [-0.3, -0.25) is 5.10 Å². The van der Waals surface area contributed by atoms with Gasteiger partial charge in [0.05, 0.1) is 11.9 Å². The van der Waals surface area contributed by atoms with Crippen LogP contribution >= 0.6 is 0 Å². The molecule has 1 aromatic heterocycles. The highest BCUT2D eigenvalue weighted by Crippen LogP contribution is 2.29. The third kappa shape index (κ3) is 3.35. The minimum Gasteiger partial charge on any atom is -0.310 e. The number of benzene rings is 1. The smallest absolute Gasteiger partial charge is 0.0695 e. The normalized spacial score (nSPS) is 25.9. The van der Waals surface area contributed by atoms with Crippen molar-refractivity contribution >= 4 is 0 Å². The number of aromatic nitrogens is 2. The first-order valence-electron chi connectivity index (χ1n) is 8.05. The molecule has 3 nitrogen and oxygen atoms in total. The zero-order valence-corrected chi connectivity index (χ0v) is 13.0. The van der Waals surface area contributed by atoms with Crippen molar-refractivity contribution in [3.8, 4) is 11.3 Å². The molecule has 0 amide bonds. The van der Waals surface area contributed by atoms with Gasteiger partial charge in [-0.25, -0.2) is 0 Å². The maximum Gasteiger partial charge on any atom is 0.0695 e. The summed E-state index contributed by atoms with van der Waals surface area (Å²) in [5.74, 6) is 1.65. The molecule has 1 saturated carbocycles. The Bertz CT molecular complexity index is 561. The largest absolute Gasteiger partial charge is 0.310 e. The van der Waals surface area contributed by atoms with E-state index in [4.69, 9.17) is 0 Å². The lowest BCUT2D eigenvalue weighted by Gasteiger charge is -2.33. The van der Waals surface area contributed by atoms with Crippen molar-refractivity contribution in [1.29, 1.82) is 0 Å². The van der Waals surface area contributed by atoms with Gasteiger partial charge in [0, 0.05) is 18.2 Å². The van der Waals surface area contributed by atoms with Crippen molar-refractivity contribution in [1.82, 2.24) is 15.5 Å². The van der Waals surface area contributed by atoms with Gasteiger partial charge in [0.1, 0.15) is 0 Å². The zero-order valence-electron chi connectivity index (χ0n) is 13.0. The van der Waals surface area contributed by atoms with Gasteiger partial charge in [0.2, 0.25) is 0 Å². The minimum atomic E-state index is 0.639. The summed E-state index contributed by atoms with van der Waals surface area (Å²) in [5.41, 5.74) is 3.60. The van der Waals surface area contributed by atoms with E-state index in [1.54, 1.807) is 0 Å². The summed E-state index contributed by atoms with van der Waals surface area (Å²) in [6, 6.07) is 11.1. The fourth-order valence-corrected chi connectivity index (χ4v) is 3.51. The minimum absolute atomic E-state index is 0.639. The summed E-state index contributed by atoms with van der Waals surface area (Å²) in [4.78, 5) is 0. The van der Waals surface area contributed by atoms with Crippen LogP contribution < -0.4 is 5.32 Å². The lowest BCUT2D eigenvalue weighted by molar-refractivity contribution is 0.227. The summed E-state index contributed by atoms with van der Waals surface area (Å²) in [6.07, 6.45) is 5.93. The first kappa shape index (κ1) is 14.3. The van der Waals surface area contributed by atoms with Crippen molar-refractivity contribution in [3.63, 3.8) is 0 Å². The van der Waals surface area contributed by atoms with Gasteiger partial charge in [0.25, 0.3) is 0 Å². The van der Waals surface area contributed by atoms with Gasteiger partial charge >= 0.3 is 0 Å². The molecule has 2 N–H and O–H groups in total. The van der Waals surface area contributed by atoms with Crippen LogP contribution in [0.2, 0.25) is 0 Å². The Hall–Kier alpha value is -1.61. The van der Waals surface area contributed by atoms with E-state index in [9.17, 15) is 0 Å². The lowest BCUT2D eigenvalue weighted by atomic mass is 9.80. The molecule has 1 fully saturated rings. The molecule has 1 aliphatic carbocycles. The van der Waals surface area contributed by atoms with E-state index in [-0.39, 0.29) is 0 Å². The number of H-pyrrole nitrogens is 1. The monoisotopic (exact) mass is 283 g/mol. The summed E-state index contributed by atoms with van der Waals surface area (Å²) in [5, 5.41) is 11.1. The molecule has 1 aromatic carbocycles. The molecule has 112 valence electrons. The van der Waals surface area contributed by atoms with E-state index in [2.05, 4.69) is 53.6 Å². The predicted molar refractivity (Wildman–Crippen MR) is 86.8 cm³/mol. The van der Waals surface area contributed by atoms with Gasteiger partial charge in [0.15, 0.2) is 0 Å². The van der Waals surface area contributed by atoms with Gasteiger partial charge < -0.3 is 5.32 Å². The molecule has 3 heteroatoms. The van der Waals surface area contributed by atoms with Crippen molar-refractivity contribution in [2.75, 3.05) is 0 Å². The summed E-state index contributed by atoms with van der Waals surface area (Å²) >= 11 is 0. The van der Waals surface area contributed by atoms with E-state index in [0.29, 0.717) is 6.04 Å². The van der Waals surface area contributed by atoms with Crippen LogP contribution in [0.4, 0.5) is 0 Å². The summed E-state index contributed by atoms with van der Waals surface area (Å²) in [6.45, 7) is 5.64. The molecular formula is C18H25N3. The highest BCUT2D eigenvalue weighted by atomic mass is 15.1. The Morgan fingerprint density at radius 2 is 2.00 bits per heavy atom. The predicted octanol–water partition coefficient (Wildman–Crippen LogP) is 3.99. The summed E-state index contributed by atoms with van der Waals surface area (Å²) in [7, 11) is 0. The molecule has 0 bridgehead atoms. The van der Waals surface area contributed by atoms with Crippen LogP contribution in [0.5, 0.6) is 0 Å². The highest BCUT2D eigenvalue weighted by Gasteiger charge is 2.25. The molecule has 3 atom stereocenters. The Morgan fingerprint density at radius 3 is 2.76 bits per heavy atom. The number of rotatable bonds is 4. The SMILES string of the molecule is CC1CCC(NCc2cn[nH]c2-c2ccccc2)C(C)C1. The van der Waals surface area contributed by atoms with Crippen molar-refractivity contribution < 1.29 is 0 Å². The molecule has 0 radical (unpaired) electrons. The molecule has 0 aliphatic heterocycles. The molecule has 21 heavy (non-hydrogen) atoms. The van der Waals surface area contributed by atoms with E-state index in [1.165, 1.54) is 30.4 Å².